The third-order valence-corrected chi connectivity index (χ3v) is 2.21. The molecule has 0 aliphatic rings. The van der Waals surface area contributed by atoms with Gasteiger partial charge in [-0.1, -0.05) is 41.0 Å². The van der Waals surface area contributed by atoms with Crippen LogP contribution >= 0.6 is 0 Å². The van der Waals surface area contributed by atoms with Crippen molar-refractivity contribution in [3.8, 4) is 0 Å². The van der Waals surface area contributed by atoms with Crippen LogP contribution < -0.4 is 0 Å². The fourth-order valence-electron chi connectivity index (χ4n) is 1.75. The van der Waals surface area contributed by atoms with E-state index >= 15 is 0 Å². The van der Waals surface area contributed by atoms with Crippen molar-refractivity contribution < 1.29 is 14.6 Å². The second-order valence-corrected chi connectivity index (χ2v) is 5.70. The van der Waals surface area contributed by atoms with E-state index in [9.17, 15) is 4.79 Å². The van der Waals surface area contributed by atoms with Crippen LogP contribution in [0.15, 0.2) is 0 Å². The Morgan fingerprint density at radius 2 is 1.94 bits per heavy atom. The van der Waals surface area contributed by atoms with Gasteiger partial charge < -0.3 is 0 Å². The van der Waals surface area contributed by atoms with Gasteiger partial charge in [0.05, 0.1) is 13.0 Å². The fourth-order valence-corrected chi connectivity index (χ4v) is 1.75. The molecular weight excluding hydrogens is 204 g/mol. The van der Waals surface area contributed by atoms with Crippen LogP contribution in [-0.2, 0) is 14.6 Å². The summed E-state index contributed by atoms with van der Waals surface area (Å²) in [5.74, 6) is 0.0788. The molecule has 0 heterocycles. The van der Waals surface area contributed by atoms with E-state index in [1.807, 2.05) is 0 Å². The highest BCUT2D eigenvalue weighted by Gasteiger charge is 2.18. The molecule has 0 saturated carbocycles. The molecule has 0 amide bonds. The minimum Gasteiger partial charge on any atom is -0.298 e. The van der Waals surface area contributed by atoms with E-state index in [0.29, 0.717) is 18.9 Å². The smallest absolute Gasteiger partial charge is 0.298 e. The molecule has 0 saturated heterocycles. The monoisotopic (exact) mass is 230 g/mol. The van der Waals surface area contributed by atoms with E-state index in [2.05, 4.69) is 34.6 Å². The highest BCUT2D eigenvalue weighted by atomic mass is 17.2. The molecule has 16 heavy (non-hydrogen) atoms. The van der Waals surface area contributed by atoms with Gasteiger partial charge in [-0.2, -0.15) is 4.89 Å². The maximum Gasteiger partial charge on any atom is 0.342 e. The minimum absolute atomic E-state index is 0.253. The van der Waals surface area contributed by atoms with Gasteiger partial charge >= 0.3 is 5.97 Å². The van der Waals surface area contributed by atoms with Crippen molar-refractivity contribution >= 4 is 5.97 Å². The summed E-state index contributed by atoms with van der Waals surface area (Å²) >= 11 is 0. The van der Waals surface area contributed by atoms with Gasteiger partial charge in [0.25, 0.3) is 0 Å². The van der Waals surface area contributed by atoms with E-state index in [-0.39, 0.29) is 11.4 Å². The van der Waals surface area contributed by atoms with Crippen LogP contribution in [0.1, 0.15) is 60.3 Å². The fraction of sp³-hybridized carbons (Fsp3) is 0.923. The van der Waals surface area contributed by atoms with E-state index in [1.165, 1.54) is 0 Å². The van der Waals surface area contributed by atoms with Crippen molar-refractivity contribution in [2.24, 2.45) is 11.3 Å². The summed E-state index contributed by atoms with van der Waals surface area (Å²) in [7, 11) is 0. The van der Waals surface area contributed by atoms with Crippen molar-refractivity contribution in [2.75, 3.05) is 6.61 Å². The number of hydrogen-bond donors (Lipinski definition) is 0. The molecule has 0 N–H and O–H groups in total. The van der Waals surface area contributed by atoms with Gasteiger partial charge in [-0.15, -0.1) is 0 Å². The summed E-state index contributed by atoms with van der Waals surface area (Å²) in [5, 5.41) is 0. The van der Waals surface area contributed by atoms with Crippen molar-refractivity contribution in [1.29, 1.82) is 0 Å². The molecule has 0 bridgehead atoms. The highest BCUT2D eigenvalue weighted by Crippen LogP contribution is 2.26. The zero-order valence-corrected chi connectivity index (χ0v) is 11.3. The summed E-state index contributed by atoms with van der Waals surface area (Å²) in [6, 6.07) is 0. The number of hydrogen-bond acceptors (Lipinski definition) is 3. The molecule has 0 aromatic heterocycles. The summed E-state index contributed by atoms with van der Waals surface area (Å²) in [6.45, 7) is 11.1. The summed E-state index contributed by atoms with van der Waals surface area (Å²) < 4.78 is 0. The van der Waals surface area contributed by atoms with E-state index in [0.717, 1.165) is 19.3 Å². The molecule has 0 fully saturated rings. The average molecular weight is 230 g/mol. The predicted molar refractivity (Wildman–Crippen MR) is 64.8 cm³/mol. The lowest BCUT2D eigenvalue weighted by Crippen LogP contribution is -2.16. The first-order valence-electron chi connectivity index (χ1n) is 6.17. The Hall–Kier alpha value is -0.570. The summed E-state index contributed by atoms with van der Waals surface area (Å²) in [5.41, 5.74) is 0.253. The largest absolute Gasteiger partial charge is 0.342 e. The SMILES string of the molecule is CCCCOOC(=O)CC(C)CC(C)(C)C. The molecule has 0 aliphatic heterocycles. The third kappa shape index (κ3) is 9.97. The lowest BCUT2D eigenvalue weighted by molar-refractivity contribution is -0.273. The van der Waals surface area contributed by atoms with Crippen molar-refractivity contribution in [1.82, 2.24) is 0 Å². The third-order valence-electron chi connectivity index (χ3n) is 2.21. The lowest BCUT2D eigenvalue weighted by atomic mass is 9.84. The molecule has 0 radical (unpaired) electrons. The van der Waals surface area contributed by atoms with Crippen molar-refractivity contribution in [2.45, 2.75) is 60.3 Å². The Kier molecular flexibility index (Phi) is 7.39. The molecule has 1 unspecified atom stereocenters. The number of carbonyl (C=O) groups is 1. The van der Waals surface area contributed by atoms with Crippen molar-refractivity contribution in [3.63, 3.8) is 0 Å². The summed E-state index contributed by atoms with van der Waals surface area (Å²) in [6.07, 6.45) is 3.41. The second kappa shape index (κ2) is 7.66. The maximum absolute atomic E-state index is 11.4. The summed E-state index contributed by atoms with van der Waals surface area (Å²) in [4.78, 5) is 20.9. The van der Waals surface area contributed by atoms with Gasteiger partial charge in [0.1, 0.15) is 0 Å². The van der Waals surface area contributed by atoms with E-state index in [1.54, 1.807) is 0 Å². The molecule has 96 valence electrons. The normalized spacial score (nSPS) is 13.6. The number of unbranched alkanes of at least 4 members (excludes halogenated alkanes) is 1. The van der Waals surface area contributed by atoms with Gasteiger partial charge in [-0.3, -0.25) is 4.89 Å². The molecule has 0 rings (SSSR count). The van der Waals surface area contributed by atoms with E-state index in [4.69, 9.17) is 9.78 Å². The molecule has 0 aromatic rings. The Bertz CT molecular complexity index is 194. The van der Waals surface area contributed by atoms with Crippen LogP contribution in [0.3, 0.4) is 0 Å². The Balaban J connectivity index is 3.62. The van der Waals surface area contributed by atoms with Crippen LogP contribution in [0.25, 0.3) is 0 Å². The van der Waals surface area contributed by atoms with Gasteiger partial charge in [-0.05, 0) is 24.2 Å². The van der Waals surface area contributed by atoms with Crippen molar-refractivity contribution in [3.05, 3.63) is 0 Å². The van der Waals surface area contributed by atoms with Gasteiger partial charge in [-0.25, -0.2) is 4.79 Å². The van der Waals surface area contributed by atoms with Gasteiger partial charge in [0.15, 0.2) is 0 Å². The molecule has 0 spiro atoms. The van der Waals surface area contributed by atoms with Crippen LogP contribution in [0.4, 0.5) is 0 Å². The average Bonchev–Trinajstić information content (AvgIpc) is 2.09. The Labute approximate surface area is 99.4 Å². The maximum atomic E-state index is 11.4. The molecule has 3 heteroatoms. The van der Waals surface area contributed by atoms with Crippen LogP contribution in [-0.4, -0.2) is 12.6 Å². The molecule has 1 atom stereocenters. The first-order chi connectivity index (χ1) is 7.35. The standard InChI is InChI=1S/C13H26O3/c1-6-7-8-15-16-12(14)9-11(2)10-13(3,4)5/h11H,6-10H2,1-5H3. The van der Waals surface area contributed by atoms with Gasteiger partial charge in [0.2, 0.25) is 0 Å². The topological polar surface area (TPSA) is 35.5 Å². The zero-order valence-electron chi connectivity index (χ0n) is 11.3. The quantitative estimate of drug-likeness (QED) is 0.380. The second-order valence-electron chi connectivity index (χ2n) is 5.70. The van der Waals surface area contributed by atoms with Crippen LogP contribution in [0, 0.1) is 11.3 Å². The van der Waals surface area contributed by atoms with Crippen LogP contribution in [0.5, 0.6) is 0 Å². The predicted octanol–water partition coefficient (Wildman–Crippen LogP) is 3.72. The number of rotatable bonds is 7. The minimum atomic E-state index is -0.257. The number of carbonyl (C=O) groups excluding carboxylic acids is 1. The Morgan fingerprint density at radius 3 is 2.44 bits per heavy atom. The molecule has 0 aliphatic carbocycles. The van der Waals surface area contributed by atoms with Crippen LogP contribution in [0.2, 0.25) is 0 Å². The lowest BCUT2D eigenvalue weighted by Gasteiger charge is -2.22. The zero-order chi connectivity index (χ0) is 12.6. The molecule has 3 nitrogen and oxygen atoms in total. The van der Waals surface area contributed by atoms with Gasteiger partial charge in [0, 0.05) is 0 Å². The first kappa shape index (κ1) is 15.4. The van der Waals surface area contributed by atoms with E-state index < -0.39 is 0 Å². The highest BCUT2D eigenvalue weighted by molar-refractivity contribution is 5.68. The molecule has 0 aromatic carbocycles. The molecular formula is C13H26O3. The first-order valence-corrected chi connectivity index (χ1v) is 6.17. The Morgan fingerprint density at radius 1 is 1.31 bits per heavy atom.